The maximum atomic E-state index is 12.9. The summed E-state index contributed by atoms with van der Waals surface area (Å²) in [7, 11) is 0. The third-order valence-corrected chi connectivity index (χ3v) is 6.06. The fourth-order valence-electron chi connectivity index (χ4n) is 2.29. The van der Waals surface area contributed by atoms with E-state index in [4.69, 9.17) is 28.9 Å². The lowest BCUT2D eigenvalue weighted by Crippen LogP contribution is -2.54. The summed E-state index contributed by atoms with van der Waals surface area (Å²) in [6.07, 6.45) is 1.46. The van der Waals surface area contributed by atoms with E-state index < -0.39 is 17.8 Å². The van der Waals surface area contributed by atoms with Crippen molar-refractivity contribution in [1.82, 2.24) is 5.32 Å². The van der Waals surface area contributed by atoms with Crippen molar-refractivity contribution in [3.8, 4) is 0 Å². The summed E-state index contributed by atoms with van der Waals surface area (Å²) in [4.78, 5) is 38.5. The van der Waals surface area contributed by atoms with Crippen LogP contribution in [0.1, 0.15) is 4.88 Å². The average Bonchev–Trinajstić information content (AvgIpc) is 3.05. The topological polar surface area (TPSA) is 86.7 Å². The van der Waals surface area contributed by atoms with Crippen LogP contribution in [0.5, 0.6) is 0 Å². The molecule has 2 N–H and O–H groups in total. The fourth-order valence-corrected chi connectivity index (χ4v) is 4.47. The second-order valence-electron chi connectivity index (χ2n) is 5.27. The Morgan fingerprint density at radius 3 is 2.67 bits per heavy atom. The van der Waals surface area contributed by atoms with Crippen molar-refractivity contribution in [1.29, 1.82) is 0 Å². The molecule has 0 aliphatic carbocycles. The number of thiocarbonyl (C=S) groups is 1. The number of carboxylic acids is 1. The van der Waals surface area contributed by atoms with Crippen LogP contribution in [0.3, 0.4) is 0 Å². The lowest BCUT2D eigenvalue weighted by molar-refractivity contribution is -0.134. The zero-order valence-corrected chi connectivity index (χ0v) is 16.7. The van der Waals surface area contributed by atoms with Gasteiger partial charge in [-0.25, -0.2) is 0 Å². The standard InChI is InChI=1S/C17H11ClN2O4S3/c18-9-1-3-10(4-2-9)20-16(24)11(15(23)19-17(20)25)7-13-12(5-6-26-13)27-8-14(21)22/h1-7H,8H2,(H,21,22)(H,19,23,25). The number of thioether (sulfide) groups is 1. The van der Waals surface area contributed by atoms with E-state index in [-0.39, 0.29) is 16.4 Å². The van der Waals surface area contributed by atoms with Crippen LogP contribution in [0, 0.1) is 0 Å². The average molecular weight is 439 g/mol. The van der Waals surface area contributed by atoms with E-state index in [1.54, 1.807) is 35.7 Å². The van der Waals surface area contributed by atoms with Gasteiger partial charge in [0.1, 0.15) is 5.57 Å². The van der Waals surface area contributed by atoms with Crippen LogP contribution >= 0.6 is 46.9 Å². The Morgan fingerprint density at radius 2 is 2.00 bits per heavy atom. The van der Waals surface area contributed by atoms with Crippen molar-refractivity contribution in [2.45, 2.75) is 4.90 Å². The molecule has 0 unspecified atom stereocenters. The zero-order chi connectivity index (χ0) is 19.6. The molecule has 10 heteroatoms. The highest BCUT2D eigenvalue weighted by atomic mass is 35.5. The van der Waals surface area contributed by atoms with E-state index in [0.29, 0.717) is 20.5 Å². The van der Waals surface area contributed by atoms with Gasteiger partial charge in [-0.15, -0.1) is 23.1 Å². The van der Waals surface area contributed by atoms with E-state index in [0.717, 1.165) is 11.8 Å². The number of halogens is 1. The molecule has 6 nitrogen and oxygen atoms in total. The number of hydrogen-bond donors (Lipinski definition) is 2. The molecule has 3 rings (SSSR count). The number of rotatable bonds is 5. The number of carboxylic acid groups (broad SMARTS) is 1. The van der Waals surface area contributed by atoms with Crippen molar-refractivity contribution < 1.29 is 19.5 Å². The molecular weight excluding hydrogens is 428 g/mol. The summed E-state index contributed by atoms with van der Waals surface area (Å²) in [5, 5.41) is 13.6. The molecule has 0 radical (unpaired) electrons. The minimum atomic E-state index is -0.949. The van der Waals surface area contributed by atoms with Crippen LogP contribution < -0.4 is 10.2 Å². The van der Waals surface area contributed by atoms with Crippen molar-refractivity contribution in [2.75, 3.05) is 10.7 Å². The summed E-state index contributed by atoms with van der Waals surface area (Å²) in [5.41, 5.74) is 0.394. The minimum Gasteiger partial charge on any atom is -0.481 e. The number of carbonyl (C=O) groups excluding carboxylic acids is 2. The second kappa shape index (κ2) is 8.22. The van der Waals surface area contributed by atoms with Gasteiger partial charge in [0, 0.05) is 14.8 Å². The number of nitrogens with one attached hydrogen (secondary N) is 1. The molecule has 0 bridgehead atoms. The third kappa shape index (κ3) is 4.38. The molecule has 138 valence electrons. The van der Waals surface area contributed by atoms with Gasteiger partial charge >= 0.3 is 5.97 Å². The molecule has 1 saturated heterocycles. The molecule has 1 fully saturated rings. The summed E-state index contributed by atoms with van der Waals surface area (Å²) < 4.78 is 0. The molecule has 1 aliphatic heterocycles. The number of thiophene rings is 1. The van der Waals surface area contributed by atoms with Gasteiger partial charge in [0.2, 0.25) is 0 Å². The maximum absolute atomic E-state index is 12.9. The fraction of sp³-hybridized carbons (Fsp3) is 0.0588. The molecule has 1 aromatic heterocycles. The Labute approximate surface area is 172 Å². The Kier molecular flexibility index (Phi) is 5.95. The number of hydrogen-bond acceptors (Lipinski definition) is 6. The number of benzene rings is 1. The molecule has 0 spiro atoms. The summed E-state index contributed by atoms with van der Waals surface area (Å²) in [5.74, 6) is -2.23. The largest absolute Gasteiger partial charge is 0.481 e. The zero-order valence-electron chi connectivity index (χ0n) is 13.5. The molecule has 1 aromatic carbocycles. The van der Waals surface area contributed by atoms with Gasteiger partial charge in [-0.3, -0.25) is 24.6 Å². The lowest BCUT2D eigenvalue weighted by atomic mass is 10.1. The summed E-state index contributed by atoms with van der Waals surface area (Å²) >= 11 is 13.4. The molecule has 2 heterocycles. The first kappa shape index (κ1) is 19.6. The van der Waals surface area contributed by atoms with Gasteiger partial charge in [0.05, 0.1) is 11.4 Å². The highest BCUT2D eigenvalue weighted by molar-refractivity contribution is 8.00. The lowest BCUT2D eigenvalue weighted by Gasteiger charge is -2.28. The van der Waals surface area contributed by atoms with Gasteiger partial charge < -0.3 is 5.11 Å². The monoisotopic (exact) mass is 438 g/mol. The van der Waals surface area contributed by atoms with Crippen LogP contribution in [-0.2, 0) is 14.4 Å². The van der Waals surface area contributed by atoms with Crippen molar-refractivity contribution >= 4 is 81.6 Å². The van der Waals surface area contributed by atoms with Gasteiger partial charge in [-0.05, 0) is 54.0 Å². The number of amides is 2. The van der Waals surface area contributed by atoms with E-state index in [1.165, 1.54) is 22.3 Å². The SMILES string of the molecule is O=C(O)CSc1ccsc1C=C1C(=O)NC(=S)N(c2ccc(Cl)cc2)C1=O. The van der Waals surface area contributed by atoms with Crippen molar-refractivity contribution in [2.24, 2.45) is 0 Å². The molecule has 27 heavy (non-hydrogen) atoms. The van der Waals surface area contributed by atoms with Gasteiger partial charge in [-0.1, -0.05) is 11.6 Å². The first-order valence-corrected chi connectivity index (χ1v) is 10.1. The normalized spacial score (nSPS) is 16.0. The number of carbonyl (C=O) groups is 3. The summed E-state index contributed by atoms with van der Waals surface area (Å²) in [6, 6.07) is 8.23. The van der Waals surface area contributed by atoms with E-state index in [2.05, 4.69) is 5.32 Å². The summed E-state index contributed by atoms with van der Waals surface area (Å²) in [6.45, 7) is 0. The van der Waals surface area contributed by atoms with E-state index in [1.807, 2.05) is 0 Å². The van der Waals surface area contributed by atoms with Crippen LogP contribution in [0.25, 0.3) is 6.08 Å². The Morgan fingerprint density at radius 1 is 1.30 bits per heavy atom. The Bertz CT molecular complexity index is 969. The molecule has 0 saturated carbocycles. The predicted molar refractivity (Wildman–Crippen MR) is 110 cm³/mol. The van der Waals surface area contributed by atoms with Crippen LogP contribution in [-0.4, -0.2) is 33.8 Å². The van der Waals surface area contributed by atoms with E-state index in [9.17, 15) is 14.4 Å². The molecule has 0 atom stereocenters. The van der Waals surface area contributed by atoms with Crippen LogP contribution in [0.4, 0.5) is 5.69 Å². The smallest absolute Gasteiger partial charge is 0.313 e. The van der Waals surface area contributed by atoms with Gasteiger partial charge in [0.25, 0.3) is 11.8 Å². The maximum Gasteiger partial charge on any atom is 0.313 e. The number of aliphatic carboxylic acids is 1. The Hall–Kier alpha value is -2.20. The minimum absolute atomic E-state index is 0.0175. The van der Waals surface area contributed by atoms with Crippen molar-refractivity contribution in [3.05, 3.63) is 51.2 Å². The highest BCUT2D eigenvalue weighted by Gasteiger charge is 2.34. The van der Waals surface area contributed by atoms with Crippen LogP contribution in [0.2, 0.25) is 5.02 Å². The predicted octanol–water partition coefficient (Wildman–Crippen LogP) is 3.41. The van der Waals surface area contributed by atoms with Gasteiger partial charge in [0.15, 0.2) is 5.11 Å². The number of anilines is 1. The molecule has 1 aliphatic rings. The van der Waals surface area contributed by atoms with Gasteiger partial charge in [-0.2, -0.15) is 0 Å². The number of nitrogens with zero attached hydrogens (tertiary/aromatic N) is 1. The van der Waals surface area contributed by atoms with Crippen LogP contribution in [0.15, 0.2) is 46.2 Å². The highest BCUT2D eigenvalue weighted by Crippen LogP contribution is 2.31. The van der Waals surface area contributed by atoms with E-state index >= 15 is 0 Å². The second-order valence-corrected chi connectivity index (χ2v) is 8.05. The first-order chi connectivity index (χ1) is 12.9. The van der Waals surface area contributed by atoms with Crippen molar-refractivity contribution in [3.63, 3.8) is 0 Å². The molecular formula is C17H11ClN2O4S3. The first-order valence-electron chi connectivity index (χ1n) is 7.46. The molecule has 2 amide bonds. The molecule has 2 aromatic rings. The third-order valence-electron chi connectivity index (χ3n) is 3.47. The quantitative estimate of drug-likeness (QED) is 0.322. The Balaban J connectivity index is 1.94.